The first kappa shape index (κ1) is 19.3. The van der Waals surface area contributed by atoms with Crippen LogP contribution in [0.4, 0.5) is 11.6 Å². The zero-order valence-corrected chi connectivity index (χ0v) is 17.0. The number of anilines is 2. The Hall–Kier alpha value is -3.03. The molecule has 0 saturated carbocycles. The van der Waals surface area contributed by atoms with Crippen molar-refractivity contribution in [3.05, 3.63) is 36.4 Å². The second-order valence-corrected chi connectivity index (χ2v) is 7.10. The van der Waals surface area contributed by atoms with Crippen molar-refractivity contribution in [2.75, 3.05) is 55.7 Å². The lowest BCUT2D eigenvalue weighted by Crippen LogP contribution is -2.54. The van der Waals surface area contributed by atoms with Crippen LogP contribution in [0, 0.1) is 0 Å². The van der Waals surface area contributed by atoms with E-state index in [-0.39, 0.29) is 12.5 Å². The second kappa shape index (κ2) is 8.55. The summed E-state index contributed by atoms with van der Waals surface area (Å²) >= 11 is 0. The molecule has 1 unspecified atom stereocenters. The molecule has 0 radical (unpaired) electrons. The fourth-order valence-electron chi connectivity index (χ4n) is 3.70. The number of hydrogen-bond donors (Lipinski definition) is 0. The van der Waals surface area contributed by atoms with Gasteiger partial charge < -0.3 is 24.2 Å². The third-order valence-electron chi connectivity index (χ3n) is 5.42. The van der Waals surface area contributed by atoms with Crippen LogP contribution in [0.3, 0.4) is 0 Å². The largest absolute Gasteiger partial charge is 0.485 e. The summed E-state index contributed by atoms with van der Waals surface area (Å²) in [5.74, 6) is 3.02. The molecule has 1 aromatic carbocycles. The van der Waals surface area contributed by atoms with Gasteiger partial charge in [-0.3, -0.25) is 4.79 Å². The third-order valence-corrected chi connectivity index (χ3v) is 5.42. The van der Waals surface area contributed by atoms with Crippen LogP contribution in [-0.2, 0) is 4.79 Å². The summed E-state index contributed by atoms with van der Waals surface area (Å²) in [7, 11) is 0. The van der Waals surface area contributed by atoms with Crippen molar-refractivity contribution in [1.82, 2.24) is 15.1 Å². The number of rotatable bonds is 5. The molecule has 2 aliphatic heterocycles. The molecule has 0 N–H and O–H groups in total. The van der Waals surface area contributed by atoms with Crippen LogP contribution in [-0.4, -0.2) is 73.0 Å². The van der Waals surface area contributed by atoms with Gasteiger partial charge in [-0.1, -0.05) is 12.1 Å². The molecule has 3 heterocycles. The van der Waals surface area contributed by atoms with Crippen molar-refractivity contribution in [2.24, 2.45) is 0 Å². The van der Waals surface area contributed by atoms with Gasteiger partial charge in [0.2, 0.25) is 6.10 Å². The van der Waals surface area contributed by atoms with E-state index >= 15 is 0 Å². The number of piperazine rings is 1. The van der Waals surface area contributed by atoms with Crippen LogP contribution in [0.15, 0.2) is 36.4 Å². The molecule has 1 aromatic heterocycles. The first-order valence-electron chi connectivity index (χ1n) is 10.2. The Bertz CT molecular complexity index is 832. The maximum Gasteiger partial charge on any atom is 0.267 e. The van der Waals surface area contributed by atoms with Crippen LogP contribution < -0.4 is 19.3 Å². The van der Waals surface area contributed by atoms with Gasteiger partial charge in [-0.05, 0) is 38.1 Å². The Kier molecular flexibility index (Phi) is 5.69. The van der Waals surface area contributed by atoms with Crippen LogP contribution in [0.1, 0.15) is 13.8 Å². The molecule has 8 heteroatoms. The number of hydrogen-bond acceptors (Lipinski definition) is 7. The highest BCUT2D eigenvalue weighted by Crippen LogP contribution is 2.31. The van der Waals surface area contributed by atoms with E-state index in [1.807, 2.05) is 41.3 Å². The average Bonchev–Trinajstić information content (AvgIpc) is 2.80. The van der Waals surface area contributed by atoms with E-state index in [1.165, 1.54) is 0 Å². The molecule has 0 spiro atoms. The molecule has 29 heavy (non-hydrogen) atoms. The third kappa shape index (κ3) is 4.06. The molecule has 1 saturated heterocycles. The summed E-state index contributed by atoms with van der Waals surface area (Å²) in [6.07, 6.45) is -0.593. The Morgan fingerprint density at radius 2 is 1.76 bits per heavy atom. The van der Waals surface area contributed by atoms with Gasteiger partial charge in [0.1, 0.15) is 6.61 Å². The van der Waals surface area contributed by atoms with Crippen molar-refractivity contribution in [2.45, 2.75) is 20.0 Å². The fourth-order valence-corrected chi connectivity index (χ4v) is 3.70. The molecule has 0 bridgehead atoms. The number of fused-ring (bicyclic) bond motifs is 1. The summed E-state index contributed by atoms with van der Waals surface area (Å²) < 4.78 is 11.5. The molecule has 2 aliphatic rings. The second-order valence-electron chi connectivity index (χ2n) is 7.10. The van der Waals surface area contributed by atoms with Gasteiger partial charge >= 0.3 is 0 Å². The predicted octanol–water partition coefficient (Wildman–Crippen LogP) is 1.81. The SMILES string of the molecule is CCN(CC)c1ccc(N2CCN(C(=O)C3COc4ccccc4O3)CC2)nn1. The Morgan fingerprint density at radius 1 is 1.03 bits per heavy atom. The number of para-hydroxylation sites is 2. The highest BCUT2D eigenvalue weighted by atomic mass is 16.6. The zero-order valence-electron chi connectivity index (χ0n) is 17.0. The van der Waals surface area contributed by atoms with Crippen LogP contribution in [0.25, 0.3) is 0 Å². The standard InChI is InChI=1S/C21H27N5O3/c1-3-24(4-2)19-9-10-20(23-22-19)25-11-13-26(14-12-25)21(27)18-15-28-16-7-5-6-8-17(16)29-18/h5-10,18H,3-4,11-15H2,1-2H3. The van der Waals surface area contributed by atoms with Gasteiger partial charge in [0, 0.05) is 39.3 Å². The van der Waals surface area contributed by atoms with E-state index in [1.54, 1.807) is 0 Å². The number of ether oxygens (including phenoxy) is 2. The van der Waals surface area contributed by atoms with Gasteiger partial charge in [0.15, 0.2) is 23.1 Å². The van der Waals surface area contributed by atoms with E-state index in [0.29, 0.717) is 24.6 Å². The van der Waals surface area contributed by atoms with Gasteiger partial charge in [0.05, 0.1) is 0 Å². The molecule has 1 fully saturated rings. The Labute approximate surface area is 171 Å². The highest BCUT2D eigenvalue weighted by molar-refractivity contribution is 5.82. The van der Waals surface area contributed by atoms with Crippen molar-refractivity contribution in [3.63, 3.8) is 0 Å². The van der Waals surface area contributed by atoms with Gasteiger partial charge in [-0.2, -0.15) is 0 Å². The lowest BCUT2D eigenvalue weighted by Gasteiger charge is -2.37. The average molecular weight is 397 g/mol. The minimum atomic E-state index is -0.593. The van der Waals surface area contributed by atoms with E-state index in [0.717, 1.165) is 37.8 Å². The topological polar surface area (TPSA) is 71.0 Å². The van der Waals surface area contributed by atoms with Crippen LogP contribution in [0.2, 0.25) is 0 Å². The molecular weight excluding hydrogens is 370 g/mol. The Morgan fingerprint density at radius 3 is 2.41 bits per heavy atom. The summed E-state index contributed by atoms with van der Waals surface area (Å²) in [6, 6.07) is 11.5. The van der Waals surface area contributed by atoms with Crippen molar-refractivity contribution in [1.29, 1.82) is 0 Å². The molecule has 2 aromatic rings. The van der Waals surface area contributed by atoms with Crippen LogP contribution in [0.5, 0.6) is 11.5 Å². The van der Waals surface area contributed by atoms with Crippen molar-refractivity contribution >= 4 is 17.5 Å². The molecule has 154 valence electrons. The van der Waals surface area contributed by atoms with Gasteiger partial charge in [-0.15, -0.1) is 10.2 Å². The lowest BCUT2D eigenvalue weighted by atomic mass is 10.2. The van der Waals surface area contributed by atoms with Crippen LogP contribution >= 0.6 is 0 Å². The number of amides is 1. The van der Waals surface area contributed by atoms with Gasteiger partial charge in [-0.25, -0.2) is 0 Å². The molecule has 1 atom stereocenters. The van der Waals surface area contributed by atoms with Gasteiger partial charge in [0.25, 0.3) is 5.91 Å². The van der Waals surface area contributed by atoms with E-state index in [9.17, 15) is 4.79 Å². The zero-order chi connectivity index (χ0) is 20.2. The minimum absolute atomic E-state index is 0.0258. The van der Waals surface area contributed by atoms with Crippen molar-refractivity contribution < 1.29 is 14.3 Å². The monoisotopic (exact) mass is 397 g/mol. The normalized spacial score (nSPS) is 18.5. The summed E-state index contributed by atoms with van der Waals surface area (Å²) in [4.78, 5) is 19.0. The van der Waals surface area contributed by atoms with E-state index in [4.69, 9.17) is 9.47 Å². The quantitative estimate of drug-likeness (QED) is 0.762. The van der Waals surface area contributed by atoms with E-state index in [2.05, 4.69) is 33.8 Å². The fraction of sp³-hybridized carbons (Fsp3) is 0.476. The molecule has 0 aliphatic carbocycles. The highest BCUT2D eigenvalue weighted by Gasteiger charge is 2.32. The maximum atomic E-state index is 12.9. The Balaban J connectivity index is 1.33. The molecular formula is C21H27N5O3. The van der Waals surface area contributed by atoms with E-state index < -0.39 is 6.10 Å². The summed E-state index contributed by atoms with van der Waals surface area (Å²) in [5, 5.41) is 8.75. The summed E-state index contributed by atoms with van der Waals surface area (Å²) in [5.41, 5.74) is 0. The summed E-state index contributed by atoms with van der Waals surface area (Å²) in [6.45, 7) is 8.95. The lowest BCUT2D eigenvalue weighted by molar-refractivity contribution is -0.141. The number of aromatic nitrogens is 2. The molecule has 1 amide bonds. The maximum absolute atomic E-state index is 12.9. The van der Waals surface area contributed by atoms with Crippen molar-refractivity contribution in [3.8, 4) is 11.5 Å². The predicted molar refractivity (Wildman–Crippen MR) is 111 cm³/mol. The molecule has 8 nitrogen and oxygen atoms in total. The number of carbonyl (C=O) groups excluding carboxylic acids is 1. The molecule has 4 rings (SSSR count). The minimum Gasteiger partial charge on any atom is -0.485 e. The number of nitrogens with zero attached hydrogens (tertiary/aromatic N) is 5. The number of carbonyl (C=O) groups is 1. The number of benzene rings is 1. The first-order valence-corrected chi connectivity index (χ1v) is 10.2. The smallest absolute Gasteiger partial charge is 0.267 e. The first-order chi connectivity index (χ1) is 14.2.